The van der Waals surface area contributed by atoms with Crippen molar-refractivity contribution in [1.82, 2.24) is 15.0 Å². The molecule has 0 spiro atoms. The fraction of sp³-hybridized carbons (Fsp3) is 0.0625. The first-order valence-electron chi connectivity index (χ1n) is 7.25. The number of H-pyrrole nitrogens is 1. The van der Waals surface area contributed by atoms with Gasteiger partial charge in [0.2, 0.25) is 0 Å². The van der Waals surface area contributed by atoms with Gasteiger partial charge in [0.05, 0.1) is 32.5 Å². The highest BCUT2D eigenvalue weighted by Crippen LogP contribution is 2.28. The first kappa shape index (κ1) is 15.7. The smallest absolute Gasteiger partial charge is 0.257 e. The van der Waals surface area contributed by atoms with Crippen molar-refractivity contribution in [3.63, 3.8) is 0 Å². The Bertz CT molecular complexity index is 1220. The molecule has 0 saturated carbocycles. The molecule has 0 unspecified atom stereocenters. The summed E-state index contributed by atoms with van der Waals surface area (Å²) in [6, 6.07) is 9.87. The second kappa shape index (κ2) is 5.64. The predicted octanol–water partition coefficient (Wildman–Crippen LogP) is 2.83. The van der Waals surface area contributed by atoms with E-state index < -0.39 is 9.84 Å². The van der Waals surface area contributed by atoms with Crippen LogP contribution in [0.5, 0.6) is 0 Å². The molecule has 0 saturated heterocycles. The van der Waals surface area contributed by atoms with Gasteiger partial charge in [0.25, 0.3) is 5.91 Å². The fourth-order valence-corrected chi connectivity index (χ4v) is 4.06. The summed E-state index contributed by atoms with van der Waals surface area (Å²) in [4.78, 5) is 24.0. The Balaban J connectivity index is 1.64. The van der Waals surface area contributed by atoms with Crippen LogP contribution in [0.25, 0.3) is 21.3 Å². The average Bonchev–Trinajstić information content (AvgIpc) is 3.18. The molecule has 0 atom stereocenters. The van der Waals surface area contributed by atoms with E-state index in [1.165, 1.54) is 17.4 Å². The zero-order valence-electron chi connectivity index (χ0n) is 13.0. The zero-order chi connectivity index (χ0) is 17.6. The highest BCUT2D eigenvalue weighted by atomic mass is 32.2. The molecule has 0 aliphatic carbocycles. The zero-order valence-corrected chi connectivity index (χ0v) is 14.6. The minimum absolute atomic E-state index is 0.228. The quantitative estimate of drug-likeness (QED) is 0.575. The normalized spacial score (nSPS) is 11.9. The number of rotatable bonds is 3. The number of aromatic amines is 1. The molecule has 4 aromatic rings. The lowest BCUT2D eigenvalue weighted by molar-refractivity contribution is 0.102. The SMILES string of the molecule is CS(=O)(=O)c1ccc2nc(NC(=O)c3ccc4nc[nH]c4c3)sc2c1. The molecule has 2 aromatic heterocycles. The van der Waals surface area contributed by atoms with Crippen molar-refractivity contribution in [1.29, 1.82) is 0 Å². The third kappa shape index (κ3) is 2.99. The Hall–Kier alpha value is -2.78. The molecule has 2 N–H and O–H groups in total. The summed E-state index contributed by atoms with van der Waals surface area (Å²) >= 11 is 1.23. The number of anilines is 1. The maximum Gasteiger partial charge on any atom is 0.257 e. The summed E-state index contributed by atoms with van der Waals surface area (Å²) in [6.07, 6.45) is 2.72. The molecule has 0 radical (unpaired) electrons. The number of carbonyl (C=O) groups is 1. The lowest BCUT2D eigenvalue weighted by Gasteiger charge is -2.01. The topological polar surface area (TPSA) is 105 Å². The molecule has 0 aliphatic heterocycles. The van der Waals surface area contributed by atoms with Gasteiger partial charge >= 0.3 is 0 Å². The second-order valence-electron chi connectivity index (χ2n) is 5.51. The summed E-state index contributed by atoms with van der Waals surface area (Å²) in [5, 5.41) is 3.16. The number of aromatic nitrogens is 3. The Morgan fingerprint density at radius 2 is 1.96 bits per heavy atom. The molecular weight excluding hydrogens is 360 g/mol. The van der Waals surface area contributed by atoms with Gasteiger partial charge in [-0.25, -0.2) is 18.4 Å². The van der Waals surface area contributed by atoms with E-state index in [1.54, 1.807) is 36.7 Å². The van der Waals surface area contributed by atoms with Crippen molar-refractivity contribution < 1.29 is 13.2 Å². The van der Waals surface area contributed by atoms with E-state index in [4.69, 9.17) is 0 Å². The molecule has 4 rings (SSSR count). The van der Waals surface area contributed by atoms with Gasteiger partial charge < -0.3 is 4.98 Å². The van der Waals surface area contributed by atoms with Crippen molar-refractivity contribution in [3.05, 3.63) is 48.3 Å². The van der Waals surface area contributed by atoms with Crippen LogP contribution in [0.1, 0.15) is 10.4 Å². The van der Waals surface area contributed by atoms with Crippen LogP contribution in [0.2, 0.25) is 0 Å². The van der Waals surface area contributed by atoms with Crippen LogP contribution in [0.4, 0.5) is 5.13 Å². The monoisotopic (exact) mass is 372 g/mol. The number of benzene rings is 2. The first-order chi connectivity index (χ1) is 11.9. The van der Waals surface area contributed by atoms with Crippen molar-refractivity contribution in [2.75, 3.05) is 11.6 Å². The van der Waals surface area contributed by atoms with Crippen molar-refractivity contribution in [2.45, 2.75) is 4.90 Å². The average molecular weight is 372 g/mol. The summed E-state index contributed by atoms with van der Waals surface area (Å²) in [7, 11) is -3.28. The van der Waals surface area contributed by atoms with Gasteiger partial charge in [0.15, 0.2) is 15.0 Å². The third-order valence-corrected chi connectivity index (χ3v) is 5.73. The lowest BCUT2D eigenvalue weighted by Crippen LogP contribution is -2.11. The maximum absolute atomic E-state index is 12.4. The van der Waals surface area contributed by atoms with Gasteiger partial charge in [-0.1, -0.05) is 11.3 Å². The lowest BCUT2D eigenvalue weighted by atomic mass is 10.2. The number of imidazole rings is 1. The Morgan fingerprint density at radius 3 is 2.76 bits per heavy atom. The van der Waals surface area contributed by atoms with Crippen LogP contribution in [0.3, 0.4) is 0 Å². The van der Waals surface area contributed by atoms with Crippen LogP contribution >= 0.6 is 11.3 Å². The molecule has 2 heterocycles. The minimum atomic E-state index is -3.28. The van der Waals surface area contributed by atoms with Crippen molar-refractivity contribution in [2.24, 2.45) is 0 Å². The summed E-state index contributed by atoms with van der Waals surface area (Å²) in [6.45, 7) is 0. The minimum Gasteiger partial charge on any atom is -0.345 e. The highest BCUT2D eigenvalue weighted by Gasteiger charge is 2.13. The summed E-state index contributed by atoms with van der Waals surface area (Å²) < 4.78 is 24.0. The molecule has 2 aromatic carbocycles. The van der Waals surface area contributed by atoms with Crippen LogP contribution in [0.15, 0.2) is 47.6 Å². The number of fused-ring (bicyclic) bond motifs is 2. The molecule has 126 valence electrons. The van der Waals surface area contributed by atoms with Gasteiger partial charge in [0.1, 0.15) is 0 Å². The van der Waals surface area contributed by atoms with Gasteiger partial charge in [-0.15, -0.1) is 0 Å². The molecule has 9 heteroatoms. The fourth-order valence-electron chi connectivity index (χ4n) is 2.44. The van der Waals surface area contributed by atoms with E-state index in [0.717, 1.165) is 17.3 Å². The number of nitrogens with zero attached hydrogens (tertiary/aromatic N) is 2. The molecular formula is C16H12N4O3S2. The molecule has 1 amide bonds. The number of thiazole rings is 1. The van der Waals surface area contributed by atoms with E-state index in [2.05, 4.69) is 20.3 Å². The Kier molecular flexibility index (Phi) is 3.55. The molecule has 0 fully saturated rings. The maximum atomic E-state index is 12.4. The second-order valence-corrected chi connectivity index (χ2v) is 8.56. The molecule has 0 bridgehead atoms. The molecule has 0 aliphatic rings. The Morgan fingerprint density at radius 1 is 1.16 bits per heavy atom. The van der Waals surface area contributed by atoms with E-state index >= 15 is 0 Å². The number of sulfone groups is 1. The summed E-state index contributed by atoms with van der Waals surface area (Å²) in [5.74, 6) is -0.293. The van der Waals surface area contributed by atoms with Gasteiger partial charge in [-0.05, 0) is 36.4 Å². The van der Waals surface area contributed by atoms with E-state index in [1.807, 2.05) is 0 Å². The first-order valence-corrected chi connectivity index (χ1v) is 9.96. The van der Waals surface area contributed by atoms with Crippen molar-refractivity contribution >= 4 is 53.5 Å². The standard InChI is InChI=1S/C16H12N4O3S2/c1-25(22,23)10-3-5-12-14(7-10)24-16(19-12)20-15(21)9-2-4-11-13(6-9)18-8-17-11/h2-8H,1H3,(H,17,18)(H,19,20,21). The number of hydrogen-bond acceptors (Lipinski definition) is 6. The highest BCUT2D eigenvalue weighted by molar-refractivity contribution is 7.90. The van der Waals surface area contributed by atoms with Crippen LogP contribution in [-0.2, 0) is 9.84 Å². The van der Waals surface area contributed by atoms with E-state index in [9.17, 15) is 13.2 Å². The largest absolute Gasteiger partial charge is 0.345 e. The van der Waals surface area contributed by atoms with E-state index in [0.29, 0.717) is 20.9 Å². The number of carbonyl (C=O) groups excluding carboxylic acids is 1. The summed E-state index contributed by atoms with van der Waals surface area (Å²) in [5.41, 5.74) is 2.67. The van der Waals surface area contributed by atoms with Crippen LogP contribution < -0.4 is 5.32 Å². The van der Waals surface area contributed by atoms with Crippen LogP contribution in [0, 0.1) is 0 Å². The van der Waals surface area contributed by atoms with Gasteiger partial charge in [-0.2, -0.15) is 0 Å². The van der Waals surface area contributed by atoms with Crippen molar-refractivity contribution in [3.8, 4) is 0 Å². The third-order valence-electron chi connectivity index (χ3n) is 3.69. The van der Waals surface area contributed by atoms with E-state index in [-0.39, 0.29) is 10.8 Å². The molecule has 25 heavy (non-hydrogen) atoms. The number of amides is 1. The van der Waals surface area contributed by atoms with Crippen LogP contribution in [-0.4, -0.2) is 35.5 Å². The van der Waals surface area contributed by atoms with Gasteiger partial charge in [-0.3, -0.25) is 10.1 Å². The Labute approximate surface area is 146 Å². The number of hydrogen-bond donors (Lipinski definition) is 2. The number of nitrogens with one attached hydrogen (secondary N) is 2. The van der Waals surface area contributed by atoms with Gasteiger partial charge in [0, 0.05) is 11.8 Å². The molecule has 7 nitrogen and oxygen atoms in total. The predicted molar refractivity (Wildman–Crippen MR) is 96.8 cm³/mol.